The molecule has 1 rings (SSSR count). The van der Waals surface area contributed by atoms with Crippen molar-refractivity contribution in [2.75, 3.05) is 0 Å². The molecule has 1 aromatic carbocycles. The first-order valence-corrected chi connectivity index (χ1v) is 5.50. The van der Waals surface area contributed by atoms with E-state index in [2.05, 4.69) is 13.8 Å². The van der Waals surface area contributed by atoms with Crippen LogP contribution in [0.5, 0.6) is 5.75 Å². The van der Waals surface area contributed by atoms with Gasteiger partial charge < -0.3 is 4.74 Å². The van der Waals surface area contributed by atoms with Crippen LogP contribution >= 0.6 is 0 Å². The third-order valence-electron chi connectivity index (χ3n) is 2.45. The van der Waals surface area contributed by atoms with Gasteiger partial charge in [0.15, 0.2) is 0 Å². The van der Waals surface area contributed by atoms with Crippen LogP contribution in [0, 0.1) is 5.82 Å². The molecule has 1 aromatic rings. The molecule has 0 aliphatic carbocycles. The van der Waals surface area contributed by atoms with Gasteiger partial charge in [-0.2, -0.15) is 0 Å². The van der Waals surface area contributed by atoms with Gasteiger partial charge in [0.2, 0.25) is 0 Å². The molecule has 1 unspecified atom stereocenters. The molecule has 1 nitrogen and oxygen atoms in total. The Balaban J connectivity index is 2.94. The van der Waals surface area contributed by atoms with Gasteiger partial charge in [-0.15, -0.1) is 0 Å². The second-order valence-corrected chi connectivity index (χ2v) is 4.20. The van der Waals surface area contributed by atoms with Crippen molar-refractivity contribution in [3.8, 4) is 5.75 Å². The summed E-state index contributed by atoms with van der Waals surface area (Å²) in [4.78, 5) is 0. The van der Waals surface area contributed by atoms with Crippen LogP contribution in [0.25, 0.3) is 0 Å². The summed E-state index contributed by atoms with van der Waals surface area (Å²) in [6.07, 6.45) is 1.08. The van der Waals surface area contributed by atoms with Crippen LogP contribution in [0.4, 0.5) is 4.39 Å². The highest BCUT2D eigenvalue weighted by atomic mass is 19.1. The molecule has 15 heavy (non-hydrogen) atoms. The standard InChI is InChI=1S/C13H19FO/c1-5-10(4)11-6-12(14)8-13(7-11)15-9(2)3/h6-10H,5H2,1-4H3. The lowest BCUT2D eigenvalue weighted by Crippen LogP contribution is -2.06. The lowest BCUT2D eigenvalue weighted by Gasteiger charge is -2.14. The third kappa shape index (κ3) is 3.54. The quantitative estimate of drug-likeness (QED) is 0.726. The van der Waals surface area contributed by atoms with Crippen LogP contribution in [0.3, 0.4) is 0 Å². The van der Waals surface area contributed by atoms with Crippen LogP contribution in [0.15, 0.2) is 18.2 Å². The predicted octanol–water partition coefficient (Wildman–Crippen LogP) is 4.13. The van der Waals surface area contributed by atoms with Crippen molar-refractivity contribution < 1.29 is 9.13 Å². The minimum atomic E-state index is -0.219. The maximum atomic E-state index is 13.3. The van der Waals surface area contributed by atoms with Gasteiger partial charge >= 0.3 is 0 Å². The molecule has 1 atom stereocenters. The first-order valence-electron chi connectivity index (χ1n) is 5.50. The summed E-state index contributed by atoms with van der Waals surface area (Å²) < 4.78 is 18.8. The molecule has 2 heteroatoms. The highest BCUT2D eigenvalue weighted by Crippen LogP contribution is 2.25. The van der Waals surface area contributed by atoms with Gasteiger partial charge in [0.1, 0.15) is 11.6 Å². The smallest absolute Gasteiger partial charge is 0.127 e. The van der Waals surface area contributed by atoms with E-state index in [0.29, 0.717) is 11.7 Å². The third-order valence-corrected chi connectivity index (χ3v) is 2.45. The van der Waals surface area contributed by atoms with E-state index < -0.39 is 0 Å². The zero-order chi connectivity index (χ0) is 11.4. The van der Waals surface area contributed by atoms with Crippen molar-refractivity contribution in [2.24, 2.45) is 0 Å². The predicted molar refractivity (Wildman–Crippen MR) is 60.9 cm³/mol. The molecular formula is C13H19FO. The molecule has 0 radical (unpaired) electrons. The van der Waals surface area contributed by atoms with Crippen molar-refractivity contribution in [3.63, 3.8) is 0 Å². The van der Waals surface area contributed by atoms with Crippen LogP contribution in [0.2, 0.25) is 0 Å². The van der Waals surface area contributed by atoms with E-state index in [1.807, 2.05) is 19.9 Å². The van der Waals surface area contributed by atoms with Gasteiger partial charge in [-0.05, 0) is 43.9 Å². The number of hydrogen-bond acceptors (Lipinski definition) is 1. The Hall–Kier alpha value is -1.05. The summed E-state index contributed by atoms with van der Waals surface area (Å²) >= 11 is 0. The zero-order valence-corrected chi connectivity index (χ0v) is 9.88. The molecule has 0 aromatic heterocycles. The summed E-state index contributed by atoms with van der Waals surface area (Å²) in [5, 5.41) is 0. The normalized spacial score (nSPS) is 12.9. The van der Waals surface area contributed by atoms with Crippen molar-refractivity contribution in [1.29, 1.82) is 0 Å². The molecule has 0 N–H and O–H groups in total. The maximum absolute atomic E-state index is 13.3. The SMILES string of the molecule is CCC(C)c1cc(F)cc(OC(C)C)c1. The lowest BCUT2D eigenvalue weighted by atomic mass is 9.98. The Kier molecular flexibility index (Phi) is 4.13. The van der Waals surface area contributed by atoms with Crippen molar-refractivity contribution in [1.82, 2.24) is 0 Å². The van der Waals surface area contributed by atoms with Crippen molar-refractivity contribution in [2.45, 2.75) is 46.1 Å². The molecule has 0 bridgehead atoms. The van der Waals surface area contributed by atoms with E-state index in [1.165, 1.54) is 6.07 Å². The number of ether oxygens (including phenoxy) is 1. The molecule has 0 saturated heterocycles. The van der Waals surface area contributed by atoms with Crippen molar-refractivity contribution >= 4 is 0 Å². The molecule has 0 spiro atoms. The summed E-state index contributed by atoms with van der Waals surface area (Å²) in [7, 11) is 0. The summed E-state index contributed by atoms with van der Waals surface area (Å²) in [6.45, 7) is 8.06. The minimum Gasteiger partial charge on any atom is -0.491 e. The lowest BCUT2D eigenvalue weighted by molar-refractivity contribution is 0.241. The van der Waals surface area contributed by atoms with Gasteiger partial charge in [0.25, 0.3) is 0 Å². The topological polar surface area (TPSA) is 9.23 Å². The maximum Gasteiger partial charge on any atom is 0.127 e. The minimum absolute atomic E-state index is 0.0802. The number of benzene rings is 1. The van der Waals surface area contributed by atoms with Crippen molar-refractivity contribution in [3.05, 3.63) is 29.6 Å². The summed E-state index contributed by atoms with van der Waals surface area (Å²) in [5.41, 5.74) is 1.01. The number of rotatable bonds is 4. The molecular weight excluding hydrogens is 191 g/mol. The Morgan fingerprint density at radius 1 is 1.20 bits per heavy atom. The first-order chi connectivity index (χ1) is 7.02. The zero-order valence-electron chi connectivity index (χ0n) is 9.88. The molecule has 0 fully saturated rings. The van der Waals surface area contributed by atoms with E-state index in [0.717, 1.165) is 12.0 Å². The van der Waals surface area contributed by atoms with E-state index in [9.17, 15) is 4.39 Å². The van der Waals surface area contributed by atoms with Gasteiger partial charge in [-0.25, -0.2) is 4.39 Å². The highest BCUT2D eigenvalue weighted by Gasteiger charge is 2.08. The van der Waals surface area contributed by atoms with E-state index in [1.54, 1.807) is 6.07 Å². The van der Waals surface area contributed by atoms with E-state index in [4.69, 9.17) is 4.74 Å². The Morgan fingerprint density at radius 2 is 1.87 bits per heavy atom. The second kappa shape index (κ2) is 5.15. The molecule has 0 heterocycles. The fraction of sp³-hybridized carbons (Fsp3) is 0.538. The van der Waals surface area contributed by atoms with Crippen LogP contribution in [-0.2, 0) is 0 Å². The number of halogens is 1. The highest BCUT2D eigenvalue weighted by molar-refractivity contribution is 5.31. The largest absolute Gasteiger partial charge is 0.491 e. The van der Waals surface area contributed by atoms with Gasteiger partial charge in [-0.1, -0.05) is 13.8 Å². The van der Waals surface area contributed by atoms with E-state index >= 15 is 0 Å². The average Bonchev–Trinajstić information content (AvgIpc) is 2.14. The molecule has 0 amide bonds. The van der Waals surface area contributed by atoms with E-state index in [-0.39, 0.29) is 11.9 Å². The molecule has 84 valence electrons. The fourth-order valence-electron chi connectivity index (χ4n) is 1.44. The average molecular weight is 210 g/mol. The Bertz CT molecular complexity index is 320. The van der Waals surface area contributed by atoms with Gasteiger partial charge in [0, 0.05) is 6.07 Å². The first kappa shape index (κ1) is 12.0. The monoisotopic (exact) mass is 210 g/mol. The molecule has 0 aliphatic rings. The Labute approximate surface area is 91.3 Å². The van der Waals surface area contributed by atoms with Gasteiger partial charge in [0.05, 0.1) is 6.10 Å². The number of hydrogen-bond donors (Lipinski definition) is 0. The fourth-order valence-corrected chi connectivity index (χ4v) is 1.44. The van der Waals surface area contributed by atoms with Crippen LogP contribution in [-0.4, -0.2) is 6.10 Å². The molecule has 0 aliphatic heterocycles. The Morgan fingerprint density at radius 3 is 2.40 bits per heavy atom. The second-order valence-electron chi connectivity index (χ2n) is 4.20. The molecule has 0 saturated carbocycles. The van der Waals surface area contributed by atoms with Crippen LogP contribution in [0.1, 0.15) is 45.6 Å². The summed E-state index contributed by atoms with van der Waals surface area (Å²) in [5.74, 6) is 0.777. The van der Waals surface area contributed by atoms with Crippen LogP contribution < -0.4 is 4.74 Å². The van der Waals surface area contributed by atoms with Gasteiger partial charge in [-0.3, -0.25) is 0 Å². The summed E-state index contributed by atoms with van der Waals surface area (Å²) in [6, 6.07) is 4.95.